The van der Waals surface area contributed by atoms with Crippen molar-refractivity contribution >= 4 is 10.5 Å². The minimum atomic E-state index is 0.802. The monoisotopic (exact) mass is 142 g/mol. The highest BCUT2D eigenvalue weighted by Crippen LogP contribution is 2.05. The van der Waals surface area contributed by atoms with Crippen LogP contribution in [0.5, 0.6) is 0 Å². The molecule has 3 heteroatoms. The van der Waals surface area contributed by atoms with Crippen molar-refractivity contribution in [3.63, 3.8) is 0 Å². The van der Waals surface area contributed by atoms with Crippen LogP contribution in [0.15, 0.2) is 0 Å². The average molecular weight is 142 g/mol. The minimum absolute atomic E-state index is 0.802. The molecule has 0 aromatic heterocycles. The highest BCUT2D eigenvalue weighted by molar-refractivity contribution is 5.97. The third kappa shape index (κ3) is 2.47. The molecule has 0 aliphatic carbocycles. The quantitative estimate of drug-likeness (QED) is 0.521. The topological polar surface area (TPSA) is 12.5 Å². The molecule has 1 heterocycles. The maximum atomic E-state index is 4.77. The smallest absolute Gasteiger partial charge is 0.246 e. The Morgan fingerprint density at radius 1 is 1.33 bits per heavy atom. The van der Waals surface area contributed by atoms with Crippen molar-refractivity contribution in [3.05, 3.63) is 0 Å². The van der Waals surface area contributed by atoms with E-state index in [-0.39, 0.29) is 0 Å². The van der Waals surface area contributed by atoms with Crippen molar-refractivity contribution < 1.29 is 4.43 Å². The molecular formula is C6H12NOSi. The Hall–Kier alpha value is 0.137. The molecule has 3 radical (unpaired) electrons. The SMILES string of the molecule is [Si]OCCN1CCCC1. The van der Waals surface area contributed by atoms with Gasteiger partial charge in [-0.05, 0) is 25.9 Å². The molecule has 0 spiro atoms. The van der Waals surface area contributed by atoms with E-state index in [2.05, 4.69) is 15.4 Å². The van der Waals surface area contributed by atoms with Gasteiger partial charge in [0.15, 0.2) is 0 Å². The van der Waals surface area contributed by atoms with Crippen molar-refractivity contribution in [3.8, 4) is 0 Å². The molecule has 0 aromatic carbocycles. The molecule has 0 saturated carbocycles. The maximum Gasteiger partial charge on any atom is 0.246 e. The first-order valence-electron chi connectivity index (χ1n) is 3.44. The van der Waals surface area contributed by atoms with Gasteiger partial charge in [0.2, 0.25) is 10.5 Å². The lowest BCUT2D eigenvalue weighted by molar-refractivity contribution is 0.251. The van der Waals surface area contributed by atoms with Gasteiger partial charge in [-0.2, -0.15) is 0 Å². The standard InChI is InChI=1S/C6H12NOSi/c9-8-6-5-7-3-1-2-4-7/h1-6H2. The fourth-order valence-corrected chi connectivity index (χ4v) is 1.27. The van der Waals surface area contributed by atoms with Gasteiger partial charge in [-0.3, -0.25) is 0 Å². The molecule has 0 amide bonds. The van der Waals surface area contributed by atoms with Gasteiger partial charge >= 0.3 is 0 Å². The van der Waals surface area contributed by atoms with Crippen LogP contribution in [0.25, 0.3) is 0 Å². The fraction of sp³-hybridized carbons (Fsp3) is 1.00. The molecule has 2 nitrogen and oxygen atoms in total. The van der Waals surface area contributed by atoms with E-state index in [4.69, 9.17) is 4.43 Å². The molecule has 0 N–H and O–H groups in total. The molecule has 51 valence electrons. The number of rotatable bonds is 3. The van der Waals surface area contributed by atoms with Crippen LogP contribution >= 0.6 is 0 Å². The highest BCUT2D eigenvalue weighted by Gasteiger charge is 2.09. The molecule has 0 atom stereocenters. The van der Waals surface area contributed by atoms with E-state index in [1.165, 1.54) is 25.9 Å². The Bertz CT molecular complexity index is 73.5. The van der Waals surface area contributed by atoms with Crippen molar-refractivity contribution in [1.29, 1.82) is 0 Å². The van der Waals surface area contributed by atoms with Crippen LogP contribution in [0.3, 0.4) is 0 Å². The summed E-state index contributed by atoms with van der Waals surface area (Å²) in [6.45, 7) is 4.39. The van der Waals surface area contributed by atoms with Gasteiger partial charge in [0, 0.05) is 13.2 Å². The van der Waals surface area contributed by atoms with Gasteiger partial charge in [-0.1, -0.05) is 0 Å². The number of likely N-dealkylation sites (tertiary alicyclic amines) is 1. The number of hydrogen-bond donors (Lipinski definition) is 0. The van der Waals surface area contributed by atoms with Crippen LogP contribution in [0, 0.1) is 0 Å². The lowest BCUT2D eigenvalue weighted by atomic mass is 10.4. The normalized spacial score (nSPS) is 21.0. The fourth-order valence-electron chi connectivity index (χ4n) is 1.18. The van der Waals surface area contributed by atoms with E-state index in [1.54, 1.807) is 0 Å². The van der Waals surface area contributed by atoms with E-state index in [9.17, 15) is 0 Å². The molecular weight excluding hydrogens is 130 g/mol. The Labute approximate surface area is 59.7 Å². The Balaban J connectivity index is 1.98. The molecule has 0 unspecified atom stereocenters. The minimum Gasteiger partial charge on any atom is -0.417 e. The van der Waals surface area contributed by atoms with Gasteiger partial charge in [0.05, 0.1) is 0 Å². The second-order valence-electron chi connectivity index (χ2n) is 2.40. The van der Waals surface area contributed by atoms with E-state index < -0.39 is 0 Å². The summed E-state index contributed by atoms with van der Waals surface area (Å²) in [5, 5.41) is 0. The summed E-state index contributed by atoms with van der Waals surface area (Å²) < 4.78 is 4.77. The zero-order valence-electron chi connectivity index (χ0n) is 5.60. The first-order valence-corrected chi connectivity index (χ1v) is 3.85. The van der Waals surface area contributed by atoms with Crippen molar-refractivity contribution in [2.45, 2.75) is 12.8 Å². The van der Waals surface area contributed by atoms with E-state index in [0.717, 1.165) is 13.2 Å². The molecule has 0 aromatic rings. The van der Waals surface area contributed by atoms with Gasteiger partial charge in [0.25, 0.3) is 0 Å². The van der Waals surface area contributed by atoms with E-state index >= 15 is 0 Å². The molecule has 0 bridgehead atoms. The summed E-state index contributed by atoms with van der Waals surface area (Å²) in [4.78, 5) is 2.42. The molecule has 1 saturated heterocycles. The molecule has 1 aliphatic heterocycles. The lowest BCUT2D eigenvalue weighted by Crippen LogP contribution is -2.23. The summed E-state index contributed by atoms with van der Waals surface area (Å²) in [5.41, 5.74) is 0. The van der Waals surface area contributed by atoms with Gasteiger partial charge in [0.1, 0.15) is 0 Å². The third-order valence-corrected chi connectivity index (χ3v) is 1.91. The number of hydrogen-bond acceptors (Lipinski definition) is 2. The summed E-state index contributed by atoms with van der Waals surface area (Å²) >= 11 is 0. The van der Waals surface area contributed by atoms with Crippen molar-refractivity contribution in [1.82, 2.24) is 4.90 Å². The third-order valence-electron chi connectivity index (χ3n) is 1.71. The van der Waals surface area contributed by atoms with Crippen LogP contribution in [-0.2, 0) is 4.43 Å². The van der Waals surface area contributed by atoms with Crippen LogP contribution in [-0.4, -0.2) is 41.6 Å². The van der Waals surface area contributed by atoms with E-state index in [1.807, 2.05) is 0 Å². The zero-order chi connectivity index (χ0) is 6.53. The lowest BCUT2D eigenvalue weighted by Gasteiger charge is -2.12. The van der Waals surface area contributed by atoms with Gasteiger partial charge in [-0.15, -0.1) is 0 Å². The largest absolute Gasteiger partial charge is 0.417 e. The Morgan fingerprint density at radius 2 is 2.00 bits per heavy atom. The van der Waals surface area contributed by atoms with Gasteiger partial charge < -0.3 is 9.33 Å². The Kier molecular flexibility index (Phi) is 3.25. The molecule has 1 rings (SSSR count). The summed E-state index contributed by atoms with van der Waals surface area (Å²) in [5.74, 6) is 0. The summed E-state index contributed by atoms with van der Waals surface area (Å²) in [6, 6.07) is 0. The maximum absolute atomic E-state index is 4.77. The predicted molar refractivity (Wildman–Crippen MR) is 37.4 cm³/mol. The van der Waals surface area contributed by atoms with Crippen LogP contribution in [0.2, 0.25) is 0 Å². The van der Waals surface area contributed by atoms with Crippen LogP contribution in [0.1, 0.15) is 12.8 Å². The van der Waals surface area contributed by atoms with Gasteiger partial charge in [-0.25, -0.2) is 0 Å². The summed E-state index contributed by atoms with van der Waals surface area (Å²) in [6.07, 6.45) is 2.73. The Morgan fingerprint density at radius 3 is 2.56 bits per heavy atom. The highest BCUT2D eigenvalue weighted by atomic mass is 28.2. The van der Waals surface area contributed by atoms with Crippen molar-refractivity contribution in [2.24, 2.45) is 0 Å². The number of nitrogens with zero attached hydrogens (tertiary/aromatic N) is 1. The van der Waals surface area contributed by atoms with Crippen LogP contribution in [0.4, 0.5) is 0 Å². The molecule has 1 aliphatic rings. The second kappa shape index (κ2) is 4.03. The summed E-state index contributed by atoms with van der Waals surface area (Å²) in [7, 11) is 2.97. The second-order valence-corrected chi connectivity index (χ2v) is 2.69. The zero-order valence-corrected chi connectivity index (χ0v) is 6.60. The average Bonchev–Trinajstić information content (AvgIpc) is 2.34. The predicted octanol–water partition coefficient (Wildman–Crippen LogP) is 0.182. The molecule has 9 heavy (non-hydrogen) atoms. The van der Waals surface area contributed by atoms with Crippen molar-refractivity contribution in [2.75, 3.05) is 26.2 Å². The first-order chi connectivity index (χ1) is 4.43. The first kappa shape index (κ1) is 7.25. The van der Waals surface area contributed by atoms with Crippen LogP contribution < -0.4 is 0 Å². The van der Waals surface area contributed by atoms with E-state index in [0.29, 0.717) is 0 Å². The molecule has 1 fully saturated rings.